The molecule has 0 aliphatic rings. The number of alkyl halides is 3. The lowest BCUT2D eigenvalue weighted by Crippen LogP contribution is -2.30. The summed E-state index contributed by atoms with van der Waals surface area (Å²) in [6, 6.07) is 5.58. The Hall–Kier alpha value is -2.24. The van der Waals surface area contributed by atoms with E-state index in [1.54, 1.807) is 18.2 Å². The summed E-state index contributed by atoms with van der Waals surface area (Å²) in [7, 11) is 2.90. The van der Waals surface area contributed by atoms with Gasteiger partial charge in [0, 0.05) is 12.1 Å². The van der Waals surface area contributed by atoms with E-state index in [0.29, 0.717) is 23.6 Å². The highest BCUT2D eigenvalue weighted by Gasteiger charge is 2.34. The molecule has 1 aromatic carbocycles. The fraction of sp³-hybridized carbons (Fsp3) is 0.500. The van der Waals surface area contributed by atoms with Crippen molar-refractivity contribution < 1.29 is 27.4 Å². The summed E-state index contributed by atoms with van der Waals surface area (Å²) in [5.74, 6) is 0.435. The van der Waals surface area contributed by atoms with Crippen molar-refractivity contribution in [3.05, 3.63) is 30.0 Å². The molecule has 1 heterocycles. The molecule has 0 saturated heterocycles. The molecule has 12 heteroatoms. The van der Waals surface area contributed by atoms with E-state index in [0.717, 1.165) is 43.9 Å². The van der Waals surface area contributed by atoms with Crippen molar-refractivity contribution in [3.8, 4) is 22.8 Å². The van der Waals surface area contributed by atoms with Crippen LogP contribution in [0.1, 0.15) is 26.0 Å². The summed E-state index contributed by atoms with van der Waals surface area (Å²) in [5, 5.41) is 2.65. The van der Waals surface area contributed by atoms with Crippen LogP contribution in [-0.2, 0) is 11.0 Å². The van der Waals surface area contributed by atoms with E-state index in [9.17, 15) is 18.0 Å². The van der Waals surface area contributed by atoms with Crippen molar-refractivity contribution >= 4 is 30.1 Å². The molecule has 0 aliphatic heterocycles. The molecule has 0 bridgehead atoms. The Bertz CT molecular complexity index is 931. The lowest BCUT2D eigenvalue weighted by molar-refractivity contribution is -0.141. The fourth-order valence-electron chi connectivity index (χ4n) is 3.03. The third kappa shape index (κ3) is 8.84. The predicted octanol–water partition coefficient (Wildman–Crippen LogP) is 4.54. The number of halogens is 4. The molecule has 1 amide bonds. The number of nitrogens with zero attached hydrogens (tertiary/aromatic N) is 3. The van der Waals surface area contributed by atoms with Gasteiger partial charge in [0.1, 0.15) is 5.69 Å². The number of amides is 1. The summed E-state index contributed by atoms with van der Waals surface area (Å²) in [6.45, 7) is 7.39. The number of hydrogen-bond acceptors (Lipinski definition) is 7. The Labute approximate surface area is 208 Å². The number of ether oxygens (including phenoxy) is 2. The van der Waals surface area contributed by atoms with Gasteiger partial charge in [0.05, 0.1) is 25.7 Å². The molecule has 0 radical (unpaired) electrons. The van der Waals surface area contributed by atoms with E-state index in [2.05, 4.69) is 34.0 Å². The minimum Gasteiger partial charge on any atom is -0.493 e. The number of thioether (sulfide) groups is 1. The molecule has 2 rings (SSSR count). The van der Waals surface area contributed by atoms with E-state index < -0.39 is 11.9 Å². The van der Waals surface area contributed by atoms with Crippen LogP contribution in [0.3, 0.4) is 0 Å². The van der Waals surface area contributed by atoms with Gasteiger partial charge in [-0.3, -0.25) is 4.79 Å². The molecule has 0 atom stereocenters. The zero-order valence-corrected chi connectivity index (χ0v) is 21.2. The Morgan fingerprint density at radius 2 is 1.76 bits per heavy atom. The summed E-state index contributed by atoms with van der Waals surface area (Å²) < 4.78 is 50.7. The van der Waals surface area contributed by atoms with Crippen molar-refractivity contribution in [2.24, 2.45) is 0 Å². The Morgan fingerprint density at radius 3 is 2.35 bits per heavy atom. The number of rotatable bonds is 12. The summed E-state index contributed by atoms with van der Waals surface area (Å²) in [5.41, 5.74) is -0.604. The summed E-state index contributed by atoms with van der Waals surface area (Å²) in [4.78, 5) is 22.2. The lowest BCUT2D eigenvalue weighted by atomic mass is 10.1. The van der Waals surface area contributed by atoms with Crippen molar-refractivity contribution in [1.29, 1.82) is 0 Å². The molecule has 0 spiro atoms. The van der Waals surface area contributed by atoms with Gasteiger partial charge in [0.2, 0.25) is 5.91 Å². The third-order valence-corrected chi connectivity index (χ3v) is 5.72. The zero-order valence-electron chi connectivity index (χ0n) is 19.6. The molecule has 0 unspecified atom stereocenters. The molecular formula is C22H30ClF3N4O3S. The first-order valence-corrected chi connectivity index (χ1v) is 11.5. The molecule has 0 saturated carbocycles. The van der Waals surface area contributed by atoms with Crippen molar-refractivity contribution in [2.45, 2.75) is 31.6 Å². The van der Waals surface area contributed by atoms with Crippen LogP contribution in [0.25, 0.3) is 11.3 Å². The van der Waals surface area contributed by atoms with Crippen molar-refractivity contribution in [1.82, 2.24) is 20.2 Å². The first-order valence-electron chi connectivity index (χ1n) is 10.5. The highest BCUT2D eigenvalue weighted by molar-refractivity contribution is 7.99. The van der Waals surface area contributed by atoms with E-state index in [1.807, 2.05) is 0 Å². The van der Waals surface area contributed by atoms with Gasteiger partial charge in [0.25, 0.3) is 0 Å². The van der Waals surface area contributed by atoms with E-state index in [1.165, 1.54) is 14.2 Å². The van der Waals surface area contributed by atoms with Gasteiger partial charge >= 0.3 is 6.18 Å². The van der Waals surface area contributed by atoms with E-state index in [-0.39, 0.29) is 34.9 Å². The SMILES string of the molecule is CCN(CC)CCCNC(=O)CSc1nc(-c2ccc(OC)c(OC)c2)cc(C(F)(F)F)n1.Cl. The second-order valence-corrected chi connectivity index (χ2v) is 7.95. The molecule has 190 valence electrons. The number of benzene rings is 1. The Balaban J connectivity index is 0.00000578. The number of carbonyl (C=O) groups is 1. The molecule has 0 fully saturated rings. The minimum atomic E-state index is -4.66. The van der Waals surface area contributed by atoms with Crippen molar-refractivity contribution in [3.63, 3.8) is 0 Å². The highest BCUT2D eigenvalue weighted by Crippen LogP contribution is 2.35. The normalized spacial score (nSPS) is 11.2. The molecular weight excluding hydrogens is 493 g/mol. The average Bonchev–Trinajstić information content (AvgIpc) is 2.81. The molecule has 2 aromatic rings. The van der Waals surface area contributed by atoms with Crippen LogP contribution < -0.4 is 14.8 Å². The van der Waals surface area contributed by atoms with Crippen LogP contribution in [0.4, 0.5) is 13.2 Å². The van der Waals surface area contributed by atoms with Crippen LogP contribution in [0.15, 0.2) is 29.4 Å². The van der Waals surface area contributed by atoms with Gasteiger partial charge in [-0.2, -0.15) is 13.2 Å². The third-order valence-electron chi connectivity index (χ3n) is 4.88. The van der Waals surface area contributed by atoms with Gasteiger partial charge in [-0.25, -0.2) is 9.97 Å². The number of aromatic nitrogens is 2. The number of carbonyl (C=O) groups excluding carboxylic acids is 1. The standard InChI is InChI=1S/C22H29F3N4O3S.ClH/c1-5-29(6-2)11-7-10-26-20(30)14-33-21-27-16(13-19(28-21)22(23,24)25)15-8-9-17(31-3)18(12-15)32-4;/h8-9,12-13H,5-7,10-11,14H2,1-4H3,(H,26,30);1H. The monoisotopic (exact) mass is 522 g/mol. The Morgan fingerprint density at radius 1 is 1.09 bits per heavy atom. The number of hydrogen-bond donors (Lipinski definition) is 1. The topological polar surface area (TPSA) is 76.6 Å². The van der Waals surface area contributed by atoms with Gasteiger partial charge < -0.3 is 19.7 Å². The minimum absolute atomic E-state index is 0. The zero-order chi connectivity index (χ0) is 24.4. The maximum absolute atomic E-state index is 13.4. The molecule has 0 aliphatic carbocycles. The second-order valence-electron chi connectivity index (χ2n) is 7.01. The fourth-order valence-corrected chi connectivity index (χ4v) is 3.72. The molecule has 1 aromatic heterocycles. The average molecular weight is 523 g/mol. The van der Waals surface area contributed by atoms with E-state index >= 15 is 0 Å². The Kier molecular flexibility index (Phi) is 12.5. The highest BCUT2D eigenvalue weighted by atomic mass is 35.5. The van der Waals surface area contributed by atoms with Gasteiger partial charge in [0.15, 0.2) is 16.7 Å². The molecule has 34 heavy (non-hydrogen) atoms. The van der Waals surface area contributed by atoms with Crippen LogP contribution in [0.2, 0.25) is 0 Å². The maximum Gasteiger partial charge on any atom is 0.433 e. The maximum atomic E-state index is 13.4. The summed E-state index contributed by atoms with van der Waals surface area (Å²) in [6.07, 6.45) is -3.86. The van der Waals surface area contributed by atoms with Crippen molar-refractivity contribution in [2.75, 3.05) is 46.2 Å². The van der Waals surface area contributed by atoms with Crippen LogP contribution in [0, 0.1) is 0 Å². The number of methoxy groups -OCH3 is 2. The van der Waals surface area contributed by atoms with Crippen LogP contribution in [0.5, 0.6) is 11.5 Å². The smallest absolute Gasteiger partial charge is 0.433 e. The largest absolute Gasteiger partial charge is 0.493 e. The van der Waals surface area contributed by atoms with Gasteiger partial charge in [-0.05, 0) is 50.3 Å². The second kappa shape index (κ2) is 14.2. The number of nitrogens with one attached hydrogen (secondary N) is 1. The molecule has 1 N–H and O–H groups in total. The molecule has 7 nitrogen and oxygen atoms in total. The van der Waals surface area contributed by atoms with Crippen LogP contribution in [-0.4, -0.2) is 66.9 Å². The predicted molar refractivity (Wildman–Crippen MR) is 129 cm³/mol. The van der Waals surface area contributed by atoms with Crippen LogP contribution >= 0.6 is 24.2 Å². The first-order chi connectivity index (χ1) is 15.7. The quantitative estimate of drug-likeness (QED) is 0.249. The van der Waals surface area contributed by atoms with E-state index in [4.69, 9.17) is 9.47 Å². The van der Waals surface area contributed by atoms with Gasteiger partial charge in [-0.15, -0.1) is 12.4 Å². The summed E-state index contributed by atoms with van der Waals surface area (Å²) >= 11 is 0.858. The van der Waals surface area contributed by atoms with Gasteiger partial charge in [-0.1, -0.05) is 25.6 Å². The lowest BCUT2D eigenvalue weighted by Gasteiger charge is -2.17. The first kappa shape index (κ1) is 29.8.